The lowest BCUT2D eigenvalue weighted by atomic mass is 9.96. The highest BCUT2D eigenvalue weighted by Gasteiger charge is 2.17. The Bertz CT molecular complexity index is 147. The Labute approximate surface area is 94.3 Å². The maximum absolute atomic E-state index is 6.08. The molecule has 0 aromatic carbocycles. The van der Waals surface area contributed by atoms with E-state index in [1.54, 1.807) is 7.11 Å². The largest absolute Gasteiger partial charge is 0.385 e. The van der Waals surface area contributed by atoms with Crippen molar-refractivity contribution in [2.45, 2.75) is 45.6 Å². The lowest BCUT2D eigenvalue weighted by Gasteiger charge is -2.24. The molecule has 0 saturated heterocycles. The highest BCUT2D eigenvalue weighted by Crippen LogP contribution is 2.11. The van der Waals surface area contributed by atoms with E-state index in [4.69, 9.17) is 15.2 Å². The topological polar surface area (TPSA) is 44.5 Å². The first kappa shape index (κ1) is 14.9. The predicted molar refractivity (Wildman–Crippen MR) is 64.0 cm³/mol. The molecule has 0 aliphatic carbocycles. The molecule has 0 bridgehead atoms. The second-order valence-electron chi connectivity index (χ2n) is 4.94. The van der Waals surface area contributed by atoms with Gasteiger partial charge in [-0.2, -0.15) is 0 Å². The van der Waals surface area contributed by atoms with Crippen molar-refractivity contribution in [2.24, 2.45) is 11.7 Å². The second kappa shape index (κ2) is 8.08. The zero-order valence-electron chi connectivity index (χ0n) is 10.7. The van der Waals surface area contributed by atoms with Gasteiger partial charge in [0.25, 0.3) is 0 Å². The number of hydrogen-bond donors (Lipinski definition) is 1. The molecule has 3 nitrogen and oxygen atoms in total. The Balaban J connectivity index is 3.40. The Morgan fingerprint density at radius 3 is 2.27 bits per heavy atom. The average molecular weight is 217 g/mol. The third-order valence-electron chi connectivity index (χ3n) is 2.53. The quantitative estimate of drug-likeness (QED) is 0.602. The summed E-state index contributed by atoms with van der Waals surface area (Å²) in [5, 5.41) is 0. The molecule has 0 rings (SSSR count). The average Bonchev–Trinajstić information content (AvgIpc) is 2.14. The highest BCUT2D eigenvalue weighted by atomic mass is 16.5. The van der Waals surface area contributed by atoms with Crippen molar-refractivity contribution in [1.82, 2.24) is 0 Å². The summed E-state index contributed by atoms with van der Waals surface area (Å²) < 4.78 is 10.6. The van der Waals surface area contributed by atoms with Crippen LogP contribution in [-0.4, -0.2) is 32.5 Å². The van der Waals surface area contributed by atoms with Gasteiger partial charge < -0.3 is 15.2 Å². The van der Waals surface area contributed by atoms with Crippen LogP contribution < -0.4 is 5.73 Å². The van der Waals surface area contributed by atoms with Crippen molar-refractivity contribution in [3.63, 3.8) is 0 Å². The van der Waals surface area contributed by atoms with Crippen LogP contribution in [0.25, 0.3) is 0 Å². The Hall–Kier alpha value is -0.120. The van der Waals surface area contributed by atoms with Crippen molar-refractivity contribution in [2.75, 3.05) is 26.9 Å². The lowest BCUT2D eigenvalue weighted by Crippen LogP contribution is -2.38. The number of ether oxygens (including phenoxy) is 2. The molecule has 0 fully saturated rings. The molecular formula is C12H27NO2. The van der Waals surface area contributed by atoms with Gasteiger partial charge in [-0.15, -0.1) is 0 Å². The van der Waals surface area contributed by atoms with E-state index in [9.17, 15) is 0 Å². The van der Waals surface area contributed by atoms with Crippen LogP contribution in [0.4, 0.5) is 0 Å². The van der Waals surface area contributed by atoms with Crippen LogP contribution in [0.1, 0.15) is 40.0 Å². The van der Waals surface area contributed by atoms with Gasteiger partial charge >= 0.3 is 0 Å². The first-order valence-electron chi connectivity index (χ1n) is 5.83. The van der Waals surface area contributed by atoms with Gasteiger partial charge in [0.05, 0.1) is 0 Å². The summed E-state index contributed by atoms with van der Waals surface area (Å²) in [6, 6.07) is 0. The van der Waals surface area contributed by atoms with Gasteiger partial charge in [0.15, 0.2) is 0 Å². The molecule has 0 aromatic heterocycles. The first-order valence-corrected chi connectivity index (χ1v) is 5.83. The SMILES string of the molecule is COCCC(C)(N)CCOCCC(C)C. The summed E-state index contributed by atoms with van der Waals surface area (Å²) in [5.41, 5.74) is 5.93. The standard InChI is InChI=1S/C12H27NO2/c1-11(2)5-8-15-10-7-12(3,13)6-9-14-4/h11H,5-10,13H2,1-4H3. The van der Waals surface area contributed by atoms with Gasteiger partial charge in [-0.25, -0.2) is 0 Å². The Morgan fingerprint density at radius 2 is 1.73 bits per heavy atom. The molecule has 15 heavy (non-hydrogen) atoms. The van der Waals surface area contributed by atoms with E-state index >= 15 is 0 Å². The maximum atomic E-state index is 6.08. The molecule has 0 aliphatic heterocycles. The maximum Gasteiger partial charge on any atom is 0.0483 e. The third kappa shape index (κ3) is 10.2. The van der Waals surface area contributed by atoms with E-state index in [2.05, 4.69) is 20.8 Å². The van der Waals surface area contributed by atoms with E-state index in [-0.39, 0.29) is 5.54 Å². The molecule has 2 N–H and O–H groups in total. The van der Waals surface area contributed by atoms with Gasteiger partial charge in [0.1, 0.15) is 0 Å². The van der Waals surface area contributed by atoms with Crippen molar-refractivity contribution < 1.29 is 9.47 Å². The minimum absolute atomic E-state index is 0.159. The van der Waals surface area contributed by atoms with Crippen LogP contribution in [0.5, 0.6) is 0 Å². The molecule has 3 heteroatoms. The molecule has 1 unspecified atom stereocenters. The van der Waals surface area contributed by atoms with Crippen LogP contribution in [0, 0.1) is 5.92 Å². The van der Waals surface area contributed by atoms with Crippen molar-refractivity contribution in [3.8, 4) is 0 Å². The Kier molecular flexibility index (Phi) is 8.02. The summed E-state index contributed by atoms with van der Waals surface area (Å²) in [5.74, 6) is 0.711. The first-order chi connectivity index (χ1) is 6.98. The minimum atomic E-state index is -0.159. The van der Waals surface area contributed by atoms with Gasteiger partial charge in [-0.3, -0.25) is 0 Å². The van der Waals surface area contributed by atoms with Crippen LogP contribution >= 0.6 is 0 Å². The number of methoxy groups -OCH3 is 1. The minimum Gasteiger partial charge on any atom is -0.385 e. The van der Waals surface area contributed by atoms with Gasteiger partial charge in [-0.05, 0) is 32.1 Å². The van der Waals surface area contributed by atoms with Gasteiger partial charge in [0, 0.05) is 32.5 Å². The molecule has 0 saturated carbocycles. The highest BCUT2D eigenvalue weighted by molar-refractivity contribution is 4.77. The zero-order valence-corrected chi connectivity index (χ0v) is 10.7. The van der Waals surface area contributed by atoms with E-state index in [1.807, 2.05) is 0 Å². The monoisotopic (exact) mass is 217 g/mol. The predicted octanol–water partition coefficient (Wildman–Crippen LogP) is 2.19. The van der Waals surface area contributed by atoms with E-state index in [0.717, 1.165) is 39.1 Å². The van der Waals surface area contributed by atoms with Crippen LogP contribution in [-0.2, 0) is 9.47 Å². The van der Waals surface area contributed by atoms with Gasteiger partial charge in [0.2, 0.25) is 0 Å². The molecule has 0 aromatic rings. The van der Waals surface area contributed by atoms with Crippen LogP contribution in [0.2, 0.25) is 0 Å². The molecule has 0 spiro atoms. The van der Waals surface area contributed by atoms with E-state index < -0.39 is 0 Å². The van der Waals surface area contributed by atoms with Crippen molar-refractivity contribution in [1.29, 1.82) is 0 Å². The summed E-state index contributed by atoms with van der Waals surface area (Å²) in [7, 11) is 1.70. The number of rotatable bonds is 9. The van der Waals surface area contributed by atoms with E-state index in [1.165, 1.54) is 0 Å². The van der Waals surface area contributed by atoms with Crippen LogP contribution in [0.3, 0.4) is 0 Å². The van der Waals surface area contributed by atoms with Crippen molar-refractivity contribution >= 4 is 0 Å². The van der Waals surface area contributed by atoms with E-state index in [0.29, 0.717) is 5.92 Å². The molecule has 0 radical (unpaired) electrons. The molecule has 92 valence electrons. The molecule has 1 atom stereocenters. The summed E-state index contributed by atoms with van der Waals surface area (Å²) in [6.45, 7) is 8.78. The van der Waals surface area contributed by atoms with Gasteiger partial charge in [-0.1, -0.05) is 13.8 Å². The number of nitrogens with two attached hydrogens (primary N) is 1. The third-order valence-corrected chi connectivity index (χ3v) is 2.53. The lowest BCUT2D eigenvalue weighted by molar-refractivity contribution is 0.0981. The zero-order chi connectivity index (χ0) is 11.7. The number of hydrogen-bond acceptors (Lipinski definition) is 3. The molecular weight excluding hydrogens is 190 g/mol. The summed E-state index contributed by atoms with van der Waals surface area (Å²) >= 11 is 0. The fourth-order valence-corrected chi connectivity index (χ4v) is 1.19. The molecule has 0 amide bonds. The summed E-state index contributed by atoms with van der Waals surface area (Å²) in [6.07, 6.45) is 2.91. The fraction of sp³-hybridized carbons (Fsp3) is 1.00. The van der Waals surface area contributed by atoms with Crippen LogP contribution in [0.15, 0.2) is 0 Å². The Morgan fingerprint density at radius 1 is 1.13 bits per heavy atom. The second-order valence-corrected chi connectivity index (χ2v) is 4.94. The molecule has 0 heterocycles. The normalized spacial score (nSPS) is 15.6. The van der Waals surface area contributed by atoms with Crippen molar-refractivity contribution in [3.05, 3.63) is 0 Å². The molecule has 0 aliphatic rings. The summed E-state index contributed by atoms with van der Waals surface area (Å²) in [4.78, 5) is 0. The smallest absolute Gasteiger partial charge is 0.0483 e. The fourth-order valence-electron chi connectivity index (χ4n) is 1.19.